The van der Waals surface area contributed by atoms with Gasteiger partial charge in [0.15, 0.2) is 0 Å². The number of nitrogens with zero attached hydrogens (tertiary/aromatic N) is 1. The van der Waals surface area contributed by atoms with Gasteiger partial charge in [0.25, 0.3) is 0 Å². The first-order chi connectivity index (χ1) is 10.5. The van der Waals surface area contributed by atoms with Crippen molar-refractivity contribution in [3.8, 4) is 0 Å². The van der Waals surface area contributed by atoms with Crippen LogP contribution in [0.1, 0.15) is 45.1 Å². The number of carbonyl (C=O) groups is 1. The van der Waals surface area contributed by atoms with Gasteiger partial charge in [-0.25, -0.2) is 0 Å². The fourth-order valence-corrected chi connectivity index (χ4v) is 3.38. The summed E-state index contributed by atoms with van der Waals surface area (Å²) in [6.45, 7) is 5.42. The molecule has 22 heavy (non-hydrogen) atoms. The molecule has 0 bridgehead atoms. The first-order valence-corrected chi connectivity index (χ1v) is 8.19. The Morgan fingerprint density at radius 1 is 1.23 bits per heavy atom. The highest BCUT2D eigenvalue weighted by Crippen LogP contribution is 2.30. The third-order valence-corrected chi connectivity index (χ3v) is 4.71. The van der Waals surface area contributed by atoms with Crippen LogP contribution in [0.3, 0.4) is 0 Å². The zero-order valence-corrected chi connectivity index (χ0v) is 13.9. The largest absolute Gasteiger partial charge is 0.469 e. The lowest BCUT2D eigenvalue weighted by atomic mass is 9.84. The minimum Gasteiger partial charge on any atom is -0.469 e. The van der Waals surface area contributed by atoms with E-state index in [9.17, 15) is 4.79 Å². The minimum atomic E-state index is -0.0481. The van der Waals surface area contributed by atoms with Crippen molar-refractivity contribution in [3.63, 3.8) is 0 Å². The summed E-state index contributed by atoms with van der Waals surface area (Å²) in [4.78, 5) is 14.2. The van der Waals surface area contributed by atoms with E-state index >= 15 is 0 Å². The van der Waals surface area contributed by atoms with Gasteiger partial charge in [0.2, 0.25) is 0 Å². The molecule has 0 radical (unpaired) electrons. The summed E-state index contributed by atoms with van der Waals surface area (Å²) in [7, 11) is 1.48. The maximum atomic E-state index is 11.7. The van der Waals surface area contributed by atoms with E-state index in [0.29, 0.717) is 12.1 Å². The molecule has 1 aliphatic rings. The van der Waals surface area contributed by atoms with E-state index in [-0.39, 0.29) is 11.9 Å². The Morgan fingerprint density at radius 2 is 1.82 bits per heavy atom. The van der Waals surface area contributed by atoms with E-state index in [4.69, 9.17) is 10.5 Å². The predicted octanol–water partition coefficient (Wildman–Crippen LogP) is 3.21. The van der Waals surface area contributed by atoms with Gasteiger partial charge in [0, 0.05) is 24.3 Å². The Morgan fingerprint density at radius 3 is 2.32 bits per heavy atom. The number of benzene rings is 1. The maximum Gasteiger partial charge on any atom is 0.308 e. The topological polar surface area (TPSA) is 55.6 Å². The first kappa shape index (κ1) is 16.8. The normalized spacial score (nSPS) is 22.0. The molecule has 0 heterocycles. The average Bonchev–Trinajstić information content (AvgIpc) is 2.53. The molecule has 1 saturated carbocycles. The second-order valence-electron chi connectivity index (χ2n) is 6.54. The Labute approximate surface area is 133 Å². The second-order valence-corrected chi connectivity index (χ2v) is 6.54. The van der Waals surface area contributed by atoms with Gasteiger partial charge in [-0.1, -0.05) is 12.1 Å². The number of anilines is 1. The summed E-state index contributed by atoms with van der Waals surface area (Å²) in [6, 6.07) is 9.15. The summed E-state index contributed by atoms with van der Waals surface area (Å²) in [5.41, 5.74) is 7.85. The number of rotatable bonds is 5. The second kappa shape index (κ2) is 7.63. The number of nitrogens with two attached hydrogens (primary N) is 1. The van der Waals surface area contributed by atoms with Crippen LogP contribution in [0.2, 0.25) is 0 Å². The number of ether oxygens (including phenoxy) is 1. The number of carbonyl (C=O) groups excluding carboxylic acids is 1. The van der Waals surface area contributed by atoms with Crippen LogP contribution in [0, 0.1) is 5.92 Å². The molecule has 2 rings (SSSR count). The molecule has 0 saturated heterocycles. The molecule has 1 aromatic rings. The third kappa shape index (κ3) is 4.23. The van der Waals surface area contributed by atoms with Crippen LogP contribution in [-0.2, 0) is 16.1 Å². The fraction of sp³-hybridized carbons (Fsp3) is 0.611. The maximum absolute atomic E-state index is 11.7. The molecule has 0 spiro atoms. The lowest BCUT2D eigenvalue weighted by molar-refractivity contribution is -0.147. The molecule has 2 N–H and O–H groups in total. The Bertz CT molecular complexity index is 476. The van der Waals surface area contributed by atoms with Crippen molar-refractivity contribution in [1.29, 1.82) is 0 Å². The highest BCUT2D eigenvalue weighted by molar-refractivity contribution is 5.72. The number of esters is 1. The Kier molecular flexibility index (Phi) is 5.83. The highest BCUT2D eigenvalue weighted by Gasteiger charge is 2.30. The molecule has 1 fully saturated rings. The van der Waals surface area contributed by atoms with E-state index in [1.165, 1.54) is 12.7 Å². The molecule has 1 aliphatic carbocycles. The summed E-state index contributed by atoms with van der Waals surface area (Å²) >= 11 is 0. The quantitative estimate of drug-likeness (QED) is 0.670. The number of hydrogen-bond donors (Lipinski definition) is 1. The van der Waals surface area contributed by atoms with Gasteiger partial charge in [-0.05, 0) is 57.2 Å². The van der Waals surface area contributed by atoms with E-state index < -0.39 is 0 Å². The smallest absolute Gasteiger partial charge is 0.308 e. The molecular weight excluding hydrogens is 276 g/mol. The van der Waals surface area contributed by atoms with Gasteiger partial charge in [0.05, 0.1) is 13.0 Å². The van der Waals surface area contributed by atoms with Crippen molar-refractivity contribution in [2.75, 3.05) is 12.8 Å². The van der Waals surface area contributed by atoms with Crippen molar-refractivity contribution in [1.82, 2.24) is 4.90 Å². The van der Waals surface area contributed by atoms with Gasteiger partial charge < -0.3 is 10.5 Å². The van der Waals surface area contributed by atoms with Crippen LogP contribution >= 0.6 is 0 Å². The zero-order valence-electron chi connectivity index (χ0n) is 13.9. The van der Waals surface area contributed by atoms with E-state index in [0.717, 1.165) is 37.9 Å². The molecular formula is C18H28N2O2. The Balaban J connectivity index is 1.97. The van der Waals surface area contributed by atoms with Crippen LogP contribution in [0.15, 0.2) is 24.3 Å². The van der Waals surface area contributed by atoms with E-state index in [1.807, 2.05) is 12.1 Å². The fourth-order valence-electron chi connectivity index (χ4n) is 3.38. The molecule has 4 nitrogen and oxygen atoms in total. The van der Waals surface area contributed by atoms with Gasteiger partial charge in [-0.15, -0.1) is 0 Å². The standard InChI is InChI=1S/C18H28N2O2/c1-13(2)20(12-14-4-8-16(19)9-5-14)17-10-6-15(7-11-17)18(21)22-3/h4-5,8-9,13,15,17H,6-7,10-12,19H2,1-3H3/t15-,17-. The van der Waals surface area contributed by atoms with Crippen LogP contribution in [0.5, 0.6) is 0 Å². The van der Waals surface area contributed by atoms with Crippen molar-refractivity contribution in [2.45, 2.75) is 58.2 Å². The predicted molar refractivity (Wildman–Crippen MR) is 89.3 cm³/mol. The van der Waals surface area contributed by atoms with Crippen LogP contribution in [-0.4, -0.2) is 30.1 Å². The van der Waals surface area contributed by atoms with Crippen LogP contribution in [0.25, 0.3) is 0 Å². The average molecular weight is 304 g/mol. The minimum absolute atomic E-state index is 0.0481. The zero-order chi connectivity index (χ0) is 16.1. The van der Waals surface area contributed by atoms with E-state index in [1.54, 1.807) is 0 Å². The lowest BCUT2D eigenvalue weighted by Crippen LogP contribution is -2.42. The monoisotopic (exact) mass is 304 g/mol. The Hall–Kier alpha value is -1.55. The number of nitrogen functional groups attached to an aromatic ring is 1. The van der Waals surface area contributed by atoms with Gasteiger partial charge >= 0.3 is 5.97 Å². The molecule has 1 aromatic carbocycles. The van der Waals surface area contributed by atoms with Crippen molar-refractivity contribution < 1.29 is 9.53 Å². The molecule has 0 amide bonds. The summed E-state index contributed by atoms with van der Waals surface area (Å²) in [5.74, 6) is 0.0415. The van der Waals surface area contributed by atoms with E-state index in [2.05, 4.69) is 30.9 Å². The molecule has 4 heteroatoms. The van der Waals surface area contributed by atoms with Crippen molar-refractivity contribution >= 4 is 11.7 Å². The summed E-state index contributed by atoms with van der Waals surface area (Å²) in [6.07, 6.45) is 3.99. The number of methoxy groups -OCH3 is 1. The van der Waals surface area contributed by atoms with Crippen molar-refractivity contribution in [2.24, 2.45) is 5.92 Å². The summed E-state index contributed by atoms with van der Waals surface area (Å²) < 4.78 is 4.88. The number of hydrogen-bond acceptors (Lipinski definition) is 4. The highest BCUT2D eigenvalue weighted by atomic mass is 16.5. The third-order valence-electron chi connectivity index (χ3n) is 4.71. The van der Waals surface area contributed by atoms with Gasteiger partial charge in [-0.3, -0.25) is 9.69 Å². The van der Waals surface area contributed by atoms with Crippen LogP contribution in [0.4, 0.5) is 5.69 Å². The molecule has 0 aromatic heterocycles. The summed E-state index contributed by atoms with van der Waals surface area (Å²) in [5, 5.41) is 0. The van der Waals surface area contributed by atoms with Crippen molar-refractivity contribution in [3.05, 3.63) is 29.8 Å². The lowest BCUT2D eigenvalue weighted by Gasteiger charge is -2.39. The SMILES string of the molecule is COC(=O)[C@H]1CC[C@H](N(Cc2ccc(N)cc2)C(C)C)CC1. The molecule has 0 unspecified atom stereocenters. The molecule has 0 atom stereocenters. The van der Waals surface area contributed by atoms with Crippen LogP contribution < -0.4 is 5.73 Å². The molecule has 0 aliphatic heterocycles. The van der Waals surface area contributed by atoms with Gasteiger partial charge in [0.1, 0.15) is 0 Å². The molecule has 122 valence electrons. The van der Waals surface area contributed by atoms with Gasteiger partial charge in [-0.2, -0.15) is 0 Å². The first-order valence-electron chi connectivity index (χ1n) is 8.19.